The molecule has 0 amide bonds. The van der Waals surface area contributed by atoms with Crippen LogP contribution in [0.25, 0.3) is 0 Å². The Morgan fingerprint density at radius 1 is 1.24 bits per heavy atom. The van der Waals surface area contributed by atoms with Crippen LogP contribution < -0.4 is 11.3 Å². The zero-order chi connectivity index (χ0) is 14.8. The predicted octanol–water partition coefficient (Wildman–Crippen LogP) is 2.47. The second-order valence-corrected chi connectivity index (χ2v) is 8.24. The van der Waals surface area contributed by atoms with E-state index in [1.807, 2.05) is 7.11 Å². The van der Waals surface area contributed by atoms with Crippen LogP contribution in [-0.2, 0) is 9.47 Å². The van der Waals surface area contributed by atoms with Gasteiger partial charge < -0.3 is 9.47 Å². The first-order valence-electron chi connectivity index (χ1n) is 8.47. The van der Waals surface area contributed by atoms with E-state index in [1.54, 1.807) is 0 Å². The third kappa shape index (κ3) is 3.13. The molecule has 3 fully saturated rings. The Bertz CT molecular complexity index is 336. The van der Waals surface area contributed by atoms with E-state index in [2.05, 4.69) is 17.2 Å². The van der Waals surface area contributed by atoms with Crippen molar-refractivity contribution in [1.29, 1.82) is 0 Å². The highest BCUT2D eigenvalue weighted by molar-refractivity contribution is 7.99. The topological polar surface area (TPSA) is 56.5 Å². The number of hydrogen-bond donors (Lipinski definition) is 2. The highest BCUT2D eigenvalue weighted by Gasteiger charge is 2.49. The number of thioether (sulfide) groups is 1. The van der Waals surface area contributed by atoms with Crippen LogP contribution in [0.15, 0.2) is 0 Å². The Kier molecular flexibility index (Phi) is 5.16. The van der Waals surface area contributed by atoms with Gasteiger partial charge >= 0.3 is 0 Å². The molecule has 1 aliphatic carbocycles. The third-order valence-electron chi connectivity index (χ3n) is 6.01. The molecule has 2 saturated heterocycles. The van der Waals surface area contributed by atoms with Gasteiger partial charge in [0.2, 0.25) is 0 Å². The average Bonchev–Trinajstić information content (AvgIpc) is 2.99. The van der Waals surface area contributed by atoms with E-state index in [1.165, 1.54) is 37.2 Å². The summed E-state index contributed by atoms with van der Waals surface area (Å²) in [7, 11) is 1.86. The monoisotopic (exact) mass is 314 g/mol. The van der Waals surface area contributed by atoms with Gasteiger partial charge in [-0.2, -0.15) is 11.8 Å². The molecular weight excluding hydrogens is 284 g/mol. The van der Waals surface area contributed by atoms with E-state index < -0.39 is 0 Å². The minimum absolute atomic E-state index is 0.0542. The Morgan fingerprint density at radius 2 is 1.95 bits per heavy atom. The number of nitrogens with one attached hydrogen (secondary N) is 1. The van der Waals surface area contributed by atoms with Gasteiger partial charge in [0.1, 0.15) is 0 Å². The van der Waals surface area contributed by atoms with E-state index in [0.29, 0.717) is 5.92 Å². The van der Waals surface area contributed by atoms with Crippen molar-refractivity contribution in [3.63, 3.8) is 0 Å². The van der Waals surface area contributed by atoms with Gasteiger partial charge in [-0.3, -0.25) is 11.3 Å². The molecule has 3 aliphatic rings. The summed E-state index contributed by atoms with van der Waals surface area (Å²) in [5, 5.41) is 0. The molecule has 3 N–H and O–H groups in total. The minimum atomic E-state index is -0.0542. The van der Waals surface area contributed by atoms with Gasteiger partial charge in [-0.05, 0) is 55.9 Å². The van der Waals surface area contributed by atoms with E-state index in [-0.39, 0.29) is 17.2 Å². The molecule has 2 atom stereocenters. The van der Waals surface area contributed by atoms with Crippen LogP contribution in [-0.4, -0.2) is 42.5 Å². The van der Waals surface area contributed by atoms with Crippen LogP contribution in [0, 0.1) is 5.92 Å². The number of nitrogens with two attached hydrogens (primary N) is 1. The van der Waals surface area contributed by atoms with Crippen molar-refractivity contribution in [1.82, 2.24) is 5.43 Å². The van der Waals surface area contributed by atoms with Crippen LogP contribution in [0.2, 0.25) is 0 Å². The zero-order valence-electron chi connectivity index (χ0n) is 13.2. The maximum Gasteiger partial charge on any atom is 0.0847 e. The summed E-state index contributed by atoms with van der Waals surface area (Å²) < 4.78 is 12.2. The molecule has 3 rings (SSSR count). The Hall–Kier alpha value is 0.190. The fourth-order valence-corrected chi connectivity index (χ4v) is 6.01. The van der Waals surface area contributed by atoms with Crippen LogP contribution >= 0.6 is 11.8 Å². The summed E-state index contributed by atoms with van der Waals surface area (Å²) in [5.41, 5.74) is 3.21. The normalized spacial score (nSPS) is 33.1. The molecule has 122 valence electrons. The van der Waals surface area contributed by atoms with Crippen molar-refractivity contribution in [2.45, 2.75) is 68.6 Å². The molecule has 0 aromatic carbocycles. The Morgan fingerprint density at radius 3 is 2.57 bits per heavy atom. The van der Waals surface area contributed by atoms with Gasteiger partial charge in [-0.25, -0.2) is 0 Å². The van der Waals surface area contributed by atoms with Crippen molar-refractivity contribution in [3.05, 3.63) is 0 Å². The molecule has 2 aliphatic heterocycles. The van der Waals surface area contributed by atoms with Crippen LogP contribution in [0.3, 0.4) is 0 Å². The fraction of sp³-hybridized carbons (Fsp3) is 1.00. The Labute approximate surface area is 132 Å². The molecule has 0 aromatic heterocycles. The van der Waals surface area contributed by atoms with Gasteiger partial charge in [-0.15, -0.1) is 0 Å². The molecule has 0 bridgehead atoms. The summed E-state index contributed by atoms with van der Waals surface area (Å²) in [4.78, 5) is 0. The molecule has 5 heteroatoms. The maximum atomic E-state index is 6.24. The van der Waals surface area contributed by atoms with E-state index >= 15 is 0 Å². The lowest BCUT2D eigenvalue weighted by molar-refractivity contribution is -0.129. The highest BCUT2D eigenvalue weighted by Crippen LogP contribution is 2.45. The van der Waals surface area contributed by atoms with Crippen molar-refractivity contribution in [3.8, 4) is 0 Å². The van der Waals surface area contributed by atoms with Gasteiger partial charge in [0.05, 0.1) is 17.2 Å². The second-order valence-electron chi connectivity index (χ2n) is 7.02. The quantitative estimate of drug-likeness (QED) is 0.617. The van der Waals surface area contributed by atoms with Gasteiger partial charge in [0.25, 0.3) is 0 Å². The van der Waals surface area contributed by atoms with E-state index in [4.69, 9.17) is 15.3 Å². The first-order valence-corrected chi connectivity index (χ1v) is 9.62. The summed E-state index contributed by atoms with van der Waals surface area (Å²) in [6.07, 6.45) is 9.45. The van der Waals surface area contributed by atoms with Gasteiger partial charge in [0, 0.05) is 13.7 Å². The minimum Gasteiger partial charge on any atom is -0.377 e. The lowest BCUT2D eigenvalue weighted by Crippen LogP contribution is -2.59. The Balaban J connectivity index is 1.74. The molecule has 2 heterocycles. The molecule has 1 saturated carbocycles. The van der Waals surface area contributed by atoms with Crippen LogP contribution in [0.1, 0.15) is 51.4 Å². The zero-order valence-corrected chi connectivity index (χ0v) is 14.1. The van der Waals surface area contributed by atoms with Gasteiger partial charge in [-0.1, -0.05) is 12.8 Å². The van der Waals surface area contributed by atoms with Crippen molar-refractivity contribution >= 4 is 11.8 Å². The summed E-state index contributed by atoms with van der Waals surface area (Å²) in [6, 6.07) is 0.264. The van der Waals surface area contributed by atoms with E-state index in [9.17, 15) is 0 Å². The number of ether oxygens (including phenoxy) is 2. The summed E-state index contributed by atoms with van der Waals surface area (Å²) in [5.74, 6) is 9.04. The van der Waals surface area contributed by atoms with Crippen LogP contribution in [0.4, 0.5) is 0 Å². The first kappa shape index (κ1) is 16.1. The number of rotatable bonds is 4. The smallest absolute Gasteiger partial charge is 0.0847 e. The largest absolute Gasteiger partial charge is 0.377 e. The average molecular weight is 314 g/mol. The molecule has 0 radical (unpaired) electrons. The molecule has 1 spiro atoms. The number of hydrogen-bond acceptors (Lipinski definition) is 5. The van der Waals surface area contributed by atoms with Crippen molar-refractivity contribution in [2.24, 2.45) is 11.8 Å². The maximum absolute atomic E-state index is 6.24. The molecule has 21 heavy (non-hydrogen) atoms. The molecular formula is C16H30N2O2S. The van der Waals surface area contributed by atoms with Crippen LogP contribution in [0.5, 0.6) is 0 Å². The van der Waals surface area contributed by atoms with Crippen molar-refractivity contribution in [2.75, 3.05) is 25.2 Å². The predicted molar refractivity (Wildman–Crippen MR) is 87.3 cm³/mol. The standard InChI is InChI=1S/C16H30N2O2S/c1-19-16(5-2-3-6-16)14(18-17)13-4-9-20-15(12-13)7-10-21-11-8-15/h13-14,18H,2-12,17H2,1H3. The lowest BCUT2D eigenvalue weighted by Gasteiger charge is -2.48. The SMILES string of the molecule is COC1(C(NN)C2CCOC3(CCSCC3)C2)CCCC1. The molecule has 4 nitrogen and oxygen atoms in total. The molecule has 2 unspecified atom stereocenters. The second kappa shape index (κ2) is 6.75. The number of hydrazine groups is 1. The summed E-state index contributed by atoms with van der Waals surface area (Å²) >= 11 is 2.06. The third-order valence-corrected chi connectivity index (χ3v) is 6.99. The van der Waals surface area contributed by atoms with E-state index in [0.717, 1.165) is 32.3 Å². The van der Waals surface area contributed by atoms with Crippen molar-refractivity contribution < 1.29 is 9.47 Å². The summed E-state index contributed by atoms with van der Waals surface area (Å²) in [6.45, 7) is 0.882. The first-order chi connectivity index (χ1) is 10.2. The molecule has 0 aromatic rings. The highest BCUT2D eigenvalue weighted by atomic mass is 32.2. The fourth-order valence-electron chi connectivity index (χ4n) is 4.78. The van der Waals surface area contributed by atoms with Gasteiger partial charge in [0.15, 0.2) is 0 Å². The number of methoxy groups -OCH3 is 1. The lowest BCUT2D eigenvalue weighted by atomic mass is 9.73.